The number of carboxylic acids is 3. The molecule has 0 amide bonds. The summed E-state index contributed by atoms with van der Waals surface area (Å²) in [5.74, 6) is -3.75. The molecule has 1 aliphatic heterocycles. The Balaban J connectivity index is 0.000000228. The largest absolute Gasteiger partial charge is 0.508 e. The minimum atomic E-state index is -2.74. The molecule has 1 heterocycles. The Morgan fingerprint density at radius 1 is 1.14 bits per heavy atom. The van der Waals surface area contributed by atoms with E-state index in [2.05, 4.69) is 30.7 Å². The van der Waals surface area contributed by atoms with Gasteiger partial charge < -0.3 is 30.4 Å². The van der Waals surface area contributed by atoms with Gasteiger partial charge in [-0.3, -0.25) is 9.59 Å². The number of aliphatic hydroxyl groups is 1. The van der Waals surface area contributed by atoms with Gasteiger partial charge >= 0.3 is 17.9 Å². The highest BCUT2D eigenvalue weighted by Gasteiger charge is 2.53. The molecule has 9 nitrogen and oxygen atoms in total. The molecule has 192 valence electrons. The van der Waals surface area contributed by atoms with Crippen molar-refractivity contribution in [2.24, 2.45) is 5.92 Å². The summed E-state index contributed by atoms with van der Waals surface area (Å²) < 4.78 is 0. The molecule has 1 saturated heterocycles. The van der Waals surface area contributed by atoms with E-state index in [0.29, 0.717) is 17.2 Å². The second-order valence-corrected chi connectivity index (χ2v) is 10.1. The number of rotatable bonds is 7. The number of hydrogen-bond acceptors (Lipinski definition) is 6. The third kappa shape index (κ3) is 5.36. The van der Waals surface area contributed by atoms with E-state index >= 15 is 0 Å². The minimum absolute atomic E-state index is 0.340. The lowest BCUT2D eigenvalue weighted by atomic mass is 9.52. The second-order valence-electron chi connectivity index (χ2n) is 10.1. The summed E-state index contributed by atoms with van der Waals surface area (Å²) in [7, 11) is 2.30. The van der Waals surface area contributed by atoms with Crippen molar-refractivity contribution in [1.29, 1.82) is 0 Å². The molecular weight excluding hydrogens is 454 g/mol. The third-order valence-corrected chi connectivity index (χ3v) is 7.96. The van der Waals surface area contributed by atoms with Crippen LogP contribution in [0.2, 0.25) is 0 Å². The van der Waals surface area contributed by atoms with Crippen LogP contribution in [0.5, 0.6) is 5.75 Å². The number of phenolic OH excluding ortho intramolecular Hbond substituents is 1. The van der Waals surface area contributed by atoms with Crippen LogP contribution in [0.3, 0.4) is 0 Å². The van der Waals surface area contributed by atoms with Crippen molar-refractivity contribution in [1.82, 2.24) is 4.90 Å². The van der Waals surface area contributed by atoms with E-state index in [0.717, 1.165) is 24.3 Å². The van der Waals surface area contributed by atoms with Gasteiger partial charge in [-0.25, -0.2) is 4.79 Å². The number of carboxylic acid groups (broad SMARTS) is 3. The van der Waals surface area contributed by atoms with Gasteiger partial charge in [-0.2, -0.15) is 0 Å². The number of hydrogen-bond donors (Lipinski definition) is 5. The molecule has 1 saturated carbocycles. The van der Waals surface area contributed by atoms with Crippen LogP contribution in [0.15, 0.2) is 24.8 Å². The number of benzene rings is 1. The Hall–Kier alpha value is -2.91. The Morgan fingerprint density at radius 2 is 1.80 bits per heavy atom. The minimum Gasteiger partial charge on any atom is -0.508 e. The first-order chi connectivity index (χ1) is 16.4. The molecule has 0 radical (unpaired) electrons. The van der Waals surface area contributed by atoms with E-state index in [1.165, 1.54) is 49.8 Å². The van der Waals surface area contributed by atoms with Crippen LogP contribution >= 0.6 is 0 Å². The lowest BCUT2D eigenvalue weighted by Gasteiger charge is -2.58. The summed E-state index contributed by atoms with van der Waals surface area (Å²) >= 11 is 0. The van der Waals surface area contributed by atoms with E-state index in [1.54, 1.807) is 0 Å². The molecule has 9 heteroatoms. The molecule has 2 fully saturated rings. The smallest absolute Gasteiger partial charge is 0.336 e. The first kappa shape index (κ1) is 26.7. The highest BCUT2D eigenvalue weighted by molar-refractivity contribution is 5.88. The fourth-order valence-electron chi connectivity index (χ4n) is 6.33. The number of nitrogens with zero attached hydrogens (tertiary/aromatic N) is 1. The Labute approximate surface area is 204 Å². The van der Waals surface area contributed by atoms with Gasteiger partial charge in [0, 0.05) is 11.5 Å². The first-order valence-corrected chi connectivity index (χ1v) is 12.0. The fourth-order valence-corrected chi connectivity index (χ4v) is 6.33. The number of carbonyl (C=O) groups is 3. The van der Waals surface area contributed by atoms with Crippen molar-refractivity contribution in [3.63, 3.8) is 0 Å². The normalized spacial score (nSPS) is 25.3. The maximum Gasteiger partial charge on any atom is 0.336 e. The van der Waals surface area contributed by atoms with Gasteiger partial charge in [0.25, 0.3) is 0 Å². The van der Waals surface area contributed by atoms with E-state index in [-0.39, 0.29) is 0 Å². The van der Waals surface area contributed by atoms with Gasteiger partial charge in [0.1, 0.15) is 5.75 Å². The van der Waals surface area contributed by atoms with Crippen molar-refractivity contribution in [2.45, 2.75) is 74.8 Å². The van der Waals surface area contributed by atoms with Crippen LogP contribution in [-0.4, -0.2) is 73.6 Å². The van der Waals surface area contributed by atoms with E-state index in [4.69, 9.17) is 20.4 Å². The fraction of sp³-hybridized carbons (Fsp3) is 0.577. The molecule has 1 aromatic rings. The summed E-state index contributed by atoms with van der Waals surface area (Å²) in [5.41, 5.74) is 1.61. The molecule has 5 N–H and O–H groups in total. The van der Waals surface area contributed by atoms with Gasteiger partial charge in [0.05, 0.1) is 12.8 Å². The predicted octanol–water partition coefficient (Wildman–Crippen LogP) is 2.56. The highest BCUT2D eigenvalue weighted by atomic mass is 16.4. The van der Waals surface area contributed by atoms with Crippen LogP contribution in [0.25, 0.3) is 0 Å². The molecule has 0 aromatic heterocycles. The van der Waals surface area contributed by atoms with Crippen LogP contribution in [0.1, 0.15) is 61.6 Å². The maximum atomic E-state index is 10.5. The monoisotopic (exact) mass is 489 g/mol. The number of fused-ring (bicyclic) bond motifs is 1. The third-order valence-electron chi connectivity index (χ3n) is 7.96. The van der Waals surface area contributed by atoms with Crippen molar-refractivity contribution in [3.05, 3.63) is 41.5 Å². The number of likely N-dealkylation sites (tertiary alicyclic amines) is 1. The Bertz CT molecular complexity index is 989. The lowest BCUT2D eigenvalue weighted by molar-refractivity contribution is -0.170. The van der Waals surface area contributed by atoms with Gasteiger partial charge in [0.15, 0.2) is 5.60 Å². The zero-order chi connectivity index (χ0) is 26.0. The topological polar surface area (TPSA) is 156 Å². The summed E-state index contributed by atoms with van der Waals surface area (Å²) in [5, 5.41) is 44.3. The van der Waals surface area contributed by atoms with Gasteiger partial charge in [0.2, 0.25) is 0 Å². The SMILES string of the molecule is C=CCc1cc2c(cc1O)[C@@]13CCCC[C@H]1[C@H](C2)N(C)CC3.O=C(O)CC(O)(CC(=O)O)C(=O)O. The summed E-state index contributed by atoms with van der Waals surface area (Å²) in [4.78, 5) is 33.1. The Morgan fingerprint density at radius 3 is 2.37 bits per heavy atom. The number of aromatic hydroxyl groups is 1. The summed E-state index contributed by atoms with van der Waals surface area (Å²) in [6.07, 6.45) is 8.19. The summed E-state index contributed by atoms with van der Waals surface area (Å²) in [6.45, 7) is 5.03. The maximum absolute atomic E-state index is 10.5. The molecule has 0 spiro atoms. The molecule has 2 bridgehead atoms. The average Bonchev–Trinajstić information content (AvgIpc) is 2.77. The van der Waals surface area contributed by atoms with Crippen LogP contribution in [-0.2, 0) is 32.6 Å². The molecule has 4 rings (SSSR count). The quantitative estimate of drug-likeness (QED) is 0.363. The molecule has 2 aliphatic carbocycles. The zero-order valence-corrected chi connectivity index (χ0v) is 20.1. The van der Waals surface area contributed by atoms with E-state index < -0.39 is 36.4 Å². The van der Waals surface area contributed by atoms with Crippen LogP contribution < -0.4 is 0 Å². The van der Waals surface area contributed by atoms with Gasteiger partial charge in [-0.05, 0) is 74.4 Å². The Kier molecular flexibility index (Phi) is 7.91. The lowest BCUT2D eigenvalue weighted by Crippen LogP contribution is -2.59. The highest BCUT2D eigenvalue weighted by Crippen LogP contribution is 2.56. The van der Waals surface area contributed by atoms with Crippen molar-refractivity contribution in [2.75, 3.05) is 13.6 Å². The van der Waals surface area contributed by atoms with Crippen molar-refractivity contribution < 1.29 is 39.9 Å². The van der Waals surface area contributed by atoms with Crippen molar-refractivity contribution in [3.8, 4) is 5.75 Å². The summed E-state index contributed by atoms with van der Waals surface area (Å²) in [6, 6.07) is 5.08. The zero-order valence-electron chi connectivity index (χ0n) is 20.1. The number of allylic oxidation sites excluding steroid dienone is 1. The van der Waals surface area contributed by atoms with Crippen molar-refractivity contribution >= 4 is 17.9 Å². The number of likely N-dealkylation sites (N-methyl/N-ethyl adjacent to an activating group) is 1. The molecular formula is C26H35NO8. The van der Waals surface area contributed by atoms with Crippen LogP contribution in [0.4, 0.5) is 0 Å². The number of aliphatic carboxylic acids is 3. The standard InChI is InChI=1S/C20H27NO.C6H8O7/c1-3-6-14-11-15-12-18-16-7-4-5-8-20(16,9-10-21(18)2)17(15)13-19(14)22;7-3(8)1-6(13,5(11)12)2-4(9)10/h3,11,13,16,18,22H,1,4-10,12H2,2H3;13H,1-2H2,(H,7,8)(H,9,10)(H,11,12)/t16-,18-,20+;/m0./s1. The van der Waals surface area contributed by atoms with Gasteiger partial charge in [-0.15, -0.1) is 6.58 Å². The average molecular weight is 490 g/mol. The second kappa shape index (κ2) is 10.4. The number of piperidine rings is 1. The van der Waals surface area contributed by atoms with E-state index in [9.17, 15) is 19.5 Å². The predicted molar refractivity (Wildman–Crippen MR) is 127 cm³/mol. The molecule has 0 unspecified atom stereocenters. The van der Waals surface area contributed by atoms with Crippen LogP contribution in [0, 0.1) is 5.92 Å². The first-order valence-electron chi connectivity index (χ1n) is 12.0. The molecule has 3 aliphatic rings. The molecule has 35 heavy (non-hydrogen) atoms. The van der Waals surface area contributed by atoms with E-state index in [1.807, 2.05) is 6.08 Å². The number of phenols is 1. The molecule has 1 aromatic carbocycles. The molecule has 3 atom stereocenters. The van der Waals surface area contributed by atoms with Gasteiger partial charge in [-0.1, -0.05) is 25.0 Å².